The molecule has 13 heavy (non-hydrogen) atoms. The summed E-state index contributed by atoms with van der Waals surface area (Å²) in [5.41, 5.74) is -0.147. The lowest BCUT2D eigenvalue weighted by atomic mass is 9.87. The smallest absolute Gasteiger partial charge is 0.221 e. The van der Waals surface area contributed by atoms with E-state index in [-0.39, 0.29) is 11.3 Å². The molecule has 1 amide bonds. The zero-order valence-corrected chi connectivity index (χ0v) is 7.89. The van der Waals surface area contributed by atoms with E-state index >= 15 is 0 Å². The molecule has 3 nitrogen and oxygen atoms in total. The van der Waals surface area contributed by atoms with Crippen LogP contribution in [0, 0.1) is 6.92 Å². The molecule has 1 aromatic heterocycles. The Kier molecular flexibility index (Phi) is 1.68. The lowest BCUT2D eigenvalue weighted by Gasteiger charge is -2.17. The van der Waals surface area contributed by atoms with Crippen LogP contribution in [-0.4, -0.2) is 12.5 Å². The zero-order valence-electron chi connectivity index (χ0n) is 7.89. The predicted octanol–water partition coefficient (Wildman–Crippen LogP) is 1.37. The van der Waals surface area contributed by atoms with Crippen LogP contribution < -0.4 is 5.32 Å². The molecule has 1 aliphatic heterocycles. The van der Waals surface area contributed by atoms with E-state index < -0.39 is 0 Å². The van der Waals surface area contributed by atoms with Gasteiger partial charge < -0.3 is 9.73 Å². The van der Waals surface area contributed by atoms with E-state index in [0.717, 1.165) is 11.5 Å². The highest BCUT2D eigenvalue weighted by atomic mass is 16.3. The van der Waals surface area contributed by atoms with Crippen LogP contribution in [0.5, 0.6) is 0 Å². The molecule has 1 fully saturated rings. The molecule has 0 saturated carbocycles. The molecule has 0 radical (unpaired) electrons. The van der Waals surface area contributed by atoms with Crippen molar-refractivity contribution in [3.8, 4) is 0 Å². The molecule has 0 aromatic carbocycles. The second-order valence-corrected chi connectivity index (χ2v) is 3.92. The van der Waals surface area contributed by atoms with E-state index in [1.807, 2.05) is 26.0 Å². The maximum Gasteiger partial charge on any atom is 0.221 e. The highest BCUT2D eigenvalue weighted by Gasteiger charge is 2.37. The number of aryl methyl sites for hydroxylation is 1. The Balaban J connectivity index is 2.30. The molecule has 1 atom stereocenters. The van der Waals surface area contributed by atoms with E-state index in [2.05, 4.69) is 5.32 Å². The van der Waals surface area contributed by atoms with Gasteiger partial charge >= 0.3 is 0 Å². The molecule has 2 rings (SSSR count). The van der Waals surface area contributed by atoms with Gasteiger partial charge in [-0.1, -0.05) is 6.92 Å². The summed E-state index contributed by atoms with van der Waals surface area (Å²) in [6, 6.07) is 3.89. The number of carbonyl (C=O) groups is 1. The van der Waals surface area contributed by atoms with Crippen molar-refractivity contribution in [1.82, 2.24) is 5.32 Å². The predicted molar refractivity (Wildman–Crippen MR) is 48.4 cm³/mol. The van der Waals surface area contributed by atoms with Gasteiger partial charge in [0.1, 0.15) is 11.5 Å². The van der Waals surface area contributed by atoms with Crippen molar-refractivity contribution in [2.45, 2.75) is 25.7 Å². The molecule has 0 spiro atoms. The summed E-state index contributed by atoms with van der Waals surface area (Å²) in [6.45, 7) is 4.64. The minimum atomic E-state index is -0.147. The van der Waals surface area contributed by atoms with Crippen LogP contribution in [0.3, 0.4) is 0 Å². The first-order chi connectivity index (χ1) is 6.10. The summed E-state index contributed by atoms with van der Waals surface area (Å²) in [4.78, 5) is 11.1. The minimum absolute atomic E-state index is 0.108. The molecular formula is C10H13NO2. The first-order valence-corrected chi connectivity index (χ1v) is 4.44. The average Bonchev–Trinajstić information content (AvgIpc) is 2.60. The Morgan fingerprint density at radius 2 is 2.31 bits per heavy atom. The number of hydrogen-bond acceptors (Lipinski definition) is 2. The maximum absolute atomic E-state index is 11.1. The van der Waals surface area contributed by atoms with Gasteiger partial charge in [-0.3, -0.25) is 4.79 Å². The summed E-state index contributed by atoms with van der Waals surface area (Å²) in [6.07, 6.45) is 0.528. The molecule has 1 unspecified atom stereocenters. The third-order valence-electron chi connectivity index (χ3n) is 2.56. The highest BCUT2D eigenvalue weighted by Crippen LogP contribution is 2.31. The van der Waals surface area contributed by atoms with E-state index in [0.29, 0.717) is 13.0 Å². The summed E-state index contributed by atoms with van der Waals surface area (Å²) >= 11 is 0. The van der Waals surface area contributed by atoms with Gasteiger partial charge in [-0.2, -0.15) is 0 Å². The molecular weight excluding hydrogens is 166 g/mol. The van der Waals surface area contributed by atoms with E-state index in [4.69, 9.17) is 4.42 Å². The maximum atomic E-state index is 11.1. The molecule has 0 bridgehead atoms. The molecule has 3 heteroatoms. The SMILES string of the molecule is Cc1ccc(C2(C)CNC(=O)C2)o1. The van der Waals surface area contributed by atoms with Crippen molar-refractivity contribution < 1.29 is 9.21 Å². The first kappa shape index (κ1) is 8.35. The van der Waals surface area contributed by atoms with Gasteiger partial charge in [0, 0.05) is 13.0 Å². The standard InChI is InChI=1S/C10H13NO2/c1-7-3-4-8(13-7)10(2)5-9(12)11-6-10/h3-4H,5-6H2,1-2H3,(H,11,12). The normalized spacial score (nSPS) is 27.7. The fourth-order valence-corrected chi connectivity index (χ4v) is 1.71. The monoisotopic (exact) mass is 179 g/mol. The van der Waals surface area contributed by atoms with Crippen LogP contribution in [0.1, 0.15) is 24.9 Å². The summed E-state index contributed by atoms with van der Waals surface area (Å²) < 4.78 is 5.53. The highest BCUT2D eigenvalue weighted by molar-refractivity contribution is 5.80. The second kappa shape index (κ2) is 2.62. The molecule has 1 aromatic rings. The van der Waals surface area contributed by atoms with Gasteiger partial charge in [-0.25, -0.2) is 0 Å². The zero-order chi connectivity index (χ0) is 9.47. The van der Waals surface area contributed by atoms with E-state index in [1.165, 1.54) is 0 Å². The van der Waals surface area contributed by atoms with Crippen molar-refractivity contribution in [3.63, 3.8) is 0 Å². The van der Waals surface area contributed by atoms with Crippen LogP contribution in [-0.2, 0) is 10.2 Å². The molecule has 1 aliphatic rings. The number of furan rings is 1. The van der Waals surface area contributed by atoms with Gasteiger partial charge in [-0.15, -0.1) is 0 Å². The van der Waals surface area contributed by atoms with Crippen LogP contribution in [0.4, 0.5) is 0 Å². The number of hydrogen-bond donors (Lipinski definition) is 1. The van der Waals surface area contributed by atoms with Crippen LogP contribution >= 0.6 is 0 Å². The number of amides is 1. The molecule has 1 saturated heterocycles. The Bertz CT molecular complexity index is 342. The number of carbonyl (C=O) groups excluding carboxylic acids is 1. The fraction of sp³-hybridized carbons (Fsp3) is 0.500. The molecule has 0 aliphatic carbocycles. The number of rotatable bonds is 1. The Morgan fingerprint density at radius 1 is 1.54 bits per heavy atom. The lowest BCUT2D eigenvalue weighted by molar-refractivity contribution is -0.119. The van der Waals surface area contributed by atoms with E-state index in [9.17, 15) is 4.79 Å². The summed E-state index contributed by atoms with van der Waals surface area (Å²) in [7, 11) is 0. The van der Waals surface area contributed by atoms with Gasteiger partial charge in [0.25, 0.3) is 0 Å². The topological polar surface area (TPSA) is 42.2 Å². The first-order valence-electron chi connectivity index (χ1n) is 4.44. The van der Waals surface area contributed by atoms with Crippen molar-refractivity contribution in [2.24, 2.45) is 0 Å². The van der Waals surface area contributed by atoms with Crippen LogP contribution in [0.2, 0.25) is 0 Å². The van der Waals surface area contributed by atoms with Crippen molar-refractivity contribution >= 4 is 5.91 Å². The van der Waals surface area contributed by atoms with Crippen molar-refractivity contribution in [2.75, 3.05) is 6.54 Å². The summed E-state index contributed by atoms with van der Waals surface area (Å²) in [5.74, 6) is 1.91. The largest absolute Gasteiger partial charge is 0.466 e. The van der Waals surface area contributed by atoms with Gasteiger partial charge in [0.05, 0.1) is 5.41 Å². The third-order valence-corrected chi connectivity index (χ3v) is 2.56. The van der Waals surface area contributed by atoms with Crippen molar-refractivity contribution in [3.05, 3.63) is 23.7 Å². The fourth-order valence-electron chi connectivity index (χ4n) is 1.71. The molecule has 2 heterocycles. The van der Waals surface area contributed by atoms with Gasteiger partial charge in [0.15, 0.2) is 0 Å². The minimum Gasteiger partial charge on any atom is -0.466 e. The second-order valence-electron chi connectivity index (χ2n) is 3.92. The van der Waals surface area contributed by atoms with E-state index in [1.54, 1.807) is 0 Å². The third kappa shape index (κ3) is 1.34. The molecule has 70 valence electrons. The Morgan fingerprint density at radius 3 is 2.77 bits per heavy atom. The number of nitrogens with one attached hydrogen (secondary N) is 1. The van der Waals surface area contributed by atoms with Crippen molar-refractivity contribution in [1.29, 1.82) is 0 Å². The van der Waals surface area contributed by atoms with Gasteiger partial charge in [0.2, 0.25) is 5.91 Å². The average molecular weight is 179 g/mol. The Hall–Kier alpha value is -1.25. The molecule has 1 N–H and O–H groups in total. The lowest BCUT2D eigenvalue weighted by Crippen LogP contribution is -2.24. The van der Waals surface area contributed by atoms with Crippen LogP contribution in [0.15, 0.2) is 16.5 Å². The Labute approximate surface area is 77.1 Å². The summed E-state index contributed by atoms with van der Waals surface area (Å²) in [5, 5.41) is 2.82. The van der Waals surface area contributed by atoms with Gasteiger partial charge in [-0.05, 0) is 19.1 Å². The quantitative estimate of drug-likeness (QED) is 0.707. The van der Waals surface area contributed by atoms with Crippen LogP contribution in [0.25, 0.3) is 0 Å².